The minimum absolute atomic E-state index is 0.235. The molecule has 1 aliphatic heterocycles. The number of fused-ring (bicyclic) bond motifs is 3. The van der Waals surface area contributed by atoms with Crippen LogP contribution in [-0.4, -0.2) is 6.85 Å². The van der Waals surface area contributed by atoms with Gasteiger partial charge in [0, 0.05) is 16.9 Å². The van der Waals surface area contributed by atoms with E-state index in [9.17, 15) is 13.2 Å². The van der Waals surface area contributed by atoms with Gasteiger partial charge >= 0.3 is 13.0 Å². The summed E-state index contributed by atoms with van der Waals surface area (Å²) in [6, 6.07) is 31.6. The lowest BCUT2D eigenvalue weighted by molar-refractivity contribution is -0.137. The summed E-state index contributed by atoms with van der Waals surface area (Å²) in [6.07, 6.45) is -4.39. The molecule has 1 nitrogen and oxygen atoms in total. The lowest BCUT2D eigenvalue weighted by Gasteiger charge is -2.39. The van der Waals surface area contributed by atoms with Gasteiger partial charge in [0.15, 0.2) is 0 Å². The Labute approximate surface area is 173 Å². The highest BCUT2D eigenvalue weighted by Crippen LogP contribution is 2.41. The highest BCUT2D eigenvalue weighted by atomic mass is 19.4. The van der Waals surface area contributed by atoms with Crippen molar-refractivity contribution in [1.82, 2.24) is 0 Å². The molecule has 4 aromatic rings. The highest BCUT2D eigenvalue weighted by molar-refractivity contribution is 6.90. The van der Waals surface area contributed by atoms with Gasteiger partial charge in [-0.05, 0) is 35.3 Å². The minimum atomic E-state index is -4.39. The fourth-order valence-corrected chi connectivity index (χ4v) is 4.23. The van der Waals surface area contributed by atoms with Crippen LogP contribution in [0.15, 0.2) is 103 Å². The molecule has 0 fully saturated rings. The summed E-state index contributed by atoms with van der Waals surface area (Å²) in [5.74, 6) is 0. The molecule has 0 unspecified atom stereocenters. The third-order valence-electron chi connectivity index (χ3n) is 5.54. The Morgan fingerprint density at radius 2 is 1.27 bits per heavy atom. The van der Waals surface area contributed by atoms with Gasteiger partial charge in [-0.25, -0.2) is 0 Å². The predicted octanol–water partition coefficient (Wildman–Crippen LogP) is 5.63. The quantitative estimate of drug-likeness (QED) is 0.395. The molecule has 0 N–H and O–H groups in total. The molecule has 0 spiro atoms. The van der Waals surface area contributed by atoms with Crippen molar-refractivity contribution in [3.8, 4) is 11.1 Å². The van der Waals surface area contributed by atoms with Crippen LogP contribution in [0.4, 0.5) is 24.5 Å². The maximum absolute atomic E-state index is 13.5. The lowest BCUT2D eigenvalue weighted by atomic mass is 9.45. The van der Waals surface area contributed by atoms with E-state index in [1.807, 2.05) is 84.9 Å². The van der Waals surface area contributed by atoms with E-state index in [1.54, 1.807) is 6.07 Å². The molecular weight excluding hydrogens is 382 g/mol. The van der Waals surface area contributed by atoms with Gasteiger partial charge in [0.05, 0.1) is 5.56 Å². The first-order chi connectivity index (χ1) is 14.5. The summed E-state index contributed by atoms with van der Waals surface area (Å²) in [4.78, 5) is 2.21. The number of anilines is 2. The fourth-order valence-electron chi connectivity index (χ4n) is 4.23. The largest absolute Gasteiger partial charge is 0.416 e. The number of rotatable bonds is 2. The molecule has 0 amide bonds. The maximum Gasteiger partial charge on any atom is 0.416 e. The standard InChI is InChI=1S/C25H17BF3N/c27-25(28,29)18-15-16-23-22(17-18)21-13-7-8-14-24(21)30(20-11-5-2-6-12-20)26(23)19-9-3-1-4-10-19/h1-17H. The zero-order valence-electron chi connectivity index (χ0n) is 16.0. The molecule has 0 atom stereocenters. The summed E-state index contributed by atoms with van der Waals surface area (Å²) in [5.41, 5.74) is 4.56. The van der Waals surface area contributed by atoms with E-state index in [4.69, 9.17) is 0 Å². The third kappa shape index (κ3) is 3.07. The number of hydrogen-bond acceptors (Lipinski definition) is 1. The van der Waals surface area contributed by atoms with Crippen molar-refractivity contribution in [2.45, 2.75) is 6.18 Å². The van der Waals surface area contributed by atoms with E-state index in [2.05, 4.69) is 4.81 Å². The van der Waals surface area contributed by atoms with Crippen LogP contribution >= 0.6 is 0 Å². The van der Waals surface area contributed by atoms with Gasteiger partial charge in [0.25, 0.3) is 0 Å². The third-order valence-corrected chi connectivity index (χ3v) is 5.54. The first-order valence-corrected chi connectivity index (χ1v) is 9.74. The molecular formula is C25H17BF3N. The van der Waals surface area contributed by atoms with E-state index in [-0.39, 0.29) is 6.85 Å². The molecule has 0 aliphatic carbocycles. The van der Waals surface area contributed by atoms with Gasteiger partial charge in [-0.3, -0.25) is 0 Å². The molecule has 4 aromatic carbocycles. The Kier molecular flexibility index (Phi) is 4.39. The van der Waals surface area contributed by atoms with Crippen LogP contribution in [0.5, 0.6) is 0 Å². The van der Waals surface area contributed by atoms with Crippen molar-refractivity contribution in [2.75, 3.05) is 4.81 Å². The second kappa shape index (κ2) is 7.10. The Morgan fingerprint density at radius 3 is 1.97 bits per heavy atom. The van der Waals surface area contributed by atoms with E-state index < -0.39 is 11.7 Å². The second-order valence-corrected chi connectivity index (χ2v) is 7.34. The zero-order chi connectivity index (χ0) is 20.7. The van der Waals surface area contributed by atoms with E-state index in [0.717, 1.165) is 27.9 Å². The number of hydrogen-bond donors (Lipinski definition) is 0. The van der Waals surface area contributed by atoms with Crippen molar-refractivity contribution in [3.63, 3.8) is 0 Å². The molecule has 0 saturated carbocycles. The zero-order valence-corrected chi connectivity index (χ0v) is 16.0. The molecule has 30 heavy (non-hydrogen) atoms. The summed E-state index contributed by atoms with van der Waals surface area (Å²) < 4.78 is 40.5. The van der Waals surface area contributed by atoms with Crippen molar-refractivity contribution >= 4 is 29.1 Å². The average molecular weight is 399 g/mol. The van der Waals surface area contributed by atoms with Gasteiger partial charge in [0.1, 0.15) is 0 Å². The molecule has 0 aromatic heterocycles. The van der Waals surface area contributed by atoms with Crippen LogP contribution in [-0.2, 0) is 6.18 Å². The summed E-state index contributed by atoms with van der Waals surface area (Å²) >= 11 is 0. The number of halogens is 3. The number of benzene rings is 4. The minimum Gasteiger partial charge on any atom is -0.376 e. The Morgan fingerprint density at radius 1 is 0.633 bits per heavy atom. The number of nitrogens with zero attached hydrogens (tertiary/aromatic N) is 1. The maximum atomic E-state index is 13.5. The Balaban J connectivity index is 1.82. The van der Waals surface area contributed by atoms with E-state index >= 15 is 0 Å². The summed E-state index contributed by atoms with van der Waals surface area (Å²) in [6.45, 7) is -0.235. The van der Waals surface area contributed by atoms with Crippen LogP contribution < -0.4 is 15.7 Å². The lowest BCUT2D eigenvalue weighted by Crippen LogP contribution is -2.57. The van der Waals surface area contributed by atoms with Crippen molar-refractivity contribution < 1.29 is 13.2 Å². The van der Waals surface area contributed by atoms with Gasteiger partial charge in [-0.1, -0.05) is 84.3 Å². The smallest absolute Gasteiger partial charge is 0.376 e. The average Bonchev–Trinajstić information content (AvgIpc) is 2.78. The molecule has 5 heteroatoms. The Hall–Kier alpha value is -3.47. The highest BCUT2D eigenvalue weighted by Gasteiger charge is 2.39. The second-order valence-electron chi connectivity index (χ2n) is 7.34. The van der Waals surface area contributed by atoms with Gasteiger partial charge in [0.2, 0.25) is 0 Å². The topological polar surface area (TPSA) is 3.24 Å². The number of para-hydroxylation sites is 2. The van der Waals surface area contributed by atoms with Gasteiger partial charge < -0.3 is 4.81 Å². The molecule has 0 bridgehead atoms. The first-order valence-electron chi connectivity index (χ1n) is 9.74. The van der Waals surface area contributed by atoms with E-state index in [1.165, 1.54) is 12.1 Å². The molecule has 5 rings (SSSR count). The van der Waals surface area contributed by atoms with Crippen LogP contribution in [0, 0.1) is 0 Å². The van der Waals surface area contributed by atoms with Crippen LogP contribution in [0.25, 0.3) is 11.1 Å². The Bertz CT molecular complexity index is 1190. The molecule has 0 saturated heterocycles. The van der Waals surface area contributed by atoms with Crippen LogP contribution in [0.1, 0.15) is 5.56 Å². The summed E-state index contributed by atoms with van der Waals surface area (Å²) in [7, 11) is 0. The van der Waals surface area contributed by atoms with Crippen molar-refractivity contribution in [2.24, 2.45) is 0 Å². The van der Waals surface area contributed by atoms with Gasteiger partial charge in [-0.15, -0.1) is 0 Å². The number of alkyl halides is 3. The SMILES string of the molecule is FC(F)(F)c1ccc2c(c1)-c1ccccc1N(c1ccccc1)B2c1ccccc1. The monoisotopic (exact) mass is 399 g/mol. The fraction of sp³-hybridized carbons (Fsp3) is 0.0400. The summed E-state index contributed by atoms with van der Waals surface area (Å²) in [5, 5.41) is 0. The van der Waals surface area contributed by atoms with Gasteiger partial charge in [-0.2, -0.15) is 13.2 Å². The van der Waals surface area contributed by atoms with Crippen LogP contribution in [0.3, 0.4) is 0 Å². The van der Waals surface area contributed by atoms with Crippen LogP contribution in [0.2, 0.25) is 0 Å². The first kappa shape index (κ1) is 18.6. The molecule has 0 radical (unpaired) electrons. The normalized spacial score (nSPS) is 13.0. The van der Waals surface area contributed by atoms with Crippen molar-refractivity contribution in [3.05, 3.63) is 109 Å². The van der Waals surface area contributed by atoms with E-state index in [0.29, 0.717) is 5.56 Å². The predicted molar refractivity (Wildman–Crippen MR) is 117 cm³/mol. The molecule has 1 heterocycles. The molecule has 1 aliphatic rings. The molecule has 146 valence electrons. The van der Waals surface area contributed by atoms with Crippen molar-refractivity contribution in [1.29, 1.82) is 0 Å².